The van der Waals surface area contributed by atoms with Crippen LogP contribution in [0.25, 0.3) is 0 Å². The van der Waals surface area contributed by atoms with Gasteiger partial charge in [-0.1, -0.05) is 76.6 Å². The lowest BCUT2D eigenvalue weighted by molar-refractivity contribution is -0.140. The lowest BCUT2D eigenvalue weighted by Crippen LogP contribution is -2.53. The van der Waals surface area contributed by atoms with E-state index in [1.54, 1.807) is 37.3 Å². The Labute approximate surface area is 254 Å². The number of hydrogen-bond acceptors (Lipinski definition) is 4. The fraction of sp³-hybridized carbons (Fsp3) is 0.188. The molecule has 0 unspecified atom stereocenters. The van der Waals surface area contributed by atoms with Gasteiger partial charge in [-0.05, 0) is 66.6 Å². The topological polar surface area (TPSA) is 86.8 Å². The average molecular weight is 653 g/mol. The number of sulfonamides is 1. The molecule has 0 aliphatic carbocycles. The molecule has 0 saturated heterocycles. The molecule has 218 valence electrons. The van der Waals surface area contributed by atoms with Crippen molar-refractivity contribution in [3.63, 3.8) is 0 Å². The van der Waals surface area contributed by atoms with Crippen LogP contribution in [0.15, 0.2) is 119 Å². The standard InChI is InChI=1S/C32H31BrFN3O4S/c1-2-35-32(39)30(21-24-9-5-3-6-10-24)36(22-25-13-15-26(33)16-14-25)31(38)23-37(28-11-7-4-8-12-28)42(40,41)29-19-17-27(34)18-20-29/h3-20,30H,2,21-23H2,1H3,(H,35,39)/t30-/m1/s1. The highest BCUT2D eigenvalue weighted by molar-refractivity contribution is 9.10. The highest BCUT2D eigenvalue weighted by atomic mass is 79.9. The number of anilines is 1. The van der Waals surface area contributed by atoms with Crippen molar-refractivity contribution in [2.24, 2.45) is 0 Å². The van der Waals surface area contributed by atoms with E-state index in [0.717, 1.165) is 44.2 Å². The van der Waals surface area contributed by atoms with Crippen LogP contribution in [0.5, 0.6) is 0 Å². The van der Waals surface area contributed by atoms with Crippen LogP contribution in [0.3, 0.4) is 0 Å². The third-order valence-electron chi connectivity index (χ3n) is 6.61. The molecule has 0 heterocycles. The minimum Gasteiger partial charge on any atom is -0.355 e. The van der Waals surface area contributed by atoms with Crippen molar-refractivity contribution >= 4 is 43.5 Å². The zero-order valence-electron chi connectivity index (χ0n) is 23.0. The van der Waals surface area contributed by atoms with Crippen molar-refractivity contribution in [3.8, 4) is 0 Å². The van der Waals surface area contributed by atoms with Gasteiger partial charge in [-0.2, -0.15) is 0 Å². The predicted octanol–water partition coefficient (Wildman–Crippen LogP) is 5.56. The number of halogens is 2. The molecular formula is C32H31BrFN3O4S. The van der Waals surface area contributed by atoms with E-state index in [-0.39, 0.29) is 29.5 Å². The first-order chi connectivity index (χ1) is 20.2. The van der Waals surface area contributed by atoms with E-state index in [4.69, 9.17) is 0 Å². The van der Waals surface area contributed by atoms with Gasteiger partial charge in [-0.15, -0.1) is 0 Å². The molecule has 4 aromatic carbocycles. The summed E-state index contributed by atoms with van der Waals surface area (Å²) in [5, 5.41) is 2.83. The first kappa shape index (κ1) is 30.9. The number of likely N-dealkylation sites (N-methyl/N-ethyl adjacent to an activating group) is 1. The van der Waals surface area contributed by atoms with Gasteiger partial charge in [-0.25, -0.2) is 12.8 Å². The van der Waals surface area contributed by atoms with Crippen molar-refractivity contribution in [2.75, 3.05) is 17.4 Å². The van der Waals surface area contributed by atoms with E-state index < -0.39 is 34.3 Å². The molecule has 4 aromatic rings. The summed E-state index contributed by atoms with van der Waals surface area (Å²) in [6.45, 7) is 1.65. The summed E-state index contributed by atoms with van der Waals surface area (Å²) in [6.07, 6.45) is 0.227. The minimum absolute atomic E-state index is 0.0694. The van der Waals surface area contributed by atoms with E-state index in [1.807, 2.05) is 54.6 Å². The van der Waals surface area contributed by atoms with Crippen molar-refractivity contribution < 1.29 is 22.4 Å². The Balaban J connectivity index is 1.77. The molecule has 1 N–H and O–H groups in total. The molecule has 1 atom stereocenters. The lowest BCUT2D eigenvalue weighted by Gasteiger charge is -2.33. The molecule has 0 spiro atoms. The summed E-state index contributed by atoms with van der Waals surface area (Å²) in [6, 6.07) is 28.5. The Bertz CT molecular complexity index is 1590. The third-order valence-corrected chi connectivity index (χ3v) is 8.93. The van der Waals surface area contributed by atoms with Gasteiger partial charge in [0.1, 0.15) is 18.4 Å². The SMILES string of the molecule is CCNC(=O)[C@@H](Cc1ccccc1)N(Cc1ccc(Br)cc1)C(=O)CN(c1ccccc1)S(=O)(=O)c1ccc(F)cc1. The van der Waals surface area contributed by atoms with Gasteiger partial charge in [0.25, 0.3) is 10.0 Å². The normalized spacial score (nSPS) is 11.9. The van der Waals surface area contributed by atoms with Crippen LogP contribution in [-0.4, -0.2) is 44.3 Å². The van der Waals surface area contributed by atoms with Crippen LogP contribution in [0, 0.1) is 5.82 Å². The van der Waals surface area contributed by atoms with Gasteiger partial charge in [0.05, 0.1) is 10.6 Å². The second kappa shape index (κ2) is 14.2. The summed E-state index contributed by atoms with van der Waals surface area (Å²) in [4.78, 5) is 29.0. The largest absolute Gasteiger partial charge is 0.355 e. The summed E-state index contributed by atoms with van der Waals surface area (Å²) in [5.74, 6) is -1.50. The second-order valence-electron chi connectivity index (χ2n) is 9.55. The second-order valence-corrected chi connectivity index (χ2v) is 12.3. The van der Waals surface area contributed by atoms with E-state index in [9.17, 15) is 22.4 Å². The quantitative estimate of drug-likeness (QED) is 0.217. The Morgan fingerprint density at radius 2 is 1.43 bits per heavy atom. The first-order valence-electron chi connectivity index (χ1n) is 13.4. The number of amides is 2. The number of nitrogens with zero attached hydrogens (tertiary/aromatic N) is 2. The fourth-order valence-electron chi connectivity index (χ4n) is 4.49. The van der Waals surface area contributed by atoms with E-state index in [2.05, 4.69) is 21.2 Å². The number of hydrogen-bond donors (Lipinski definition) is 1. The number of carbonyl (C=O) groups excluding carboxylic acids is 2. The van der Waals surface area contributed by atoms with Crippen molar-refractivity contribution in [1.29, 1.82) is 0 Å². The van der Waals surface area contributed by atoms with Gasteiger partial charge in [0.2, 0.25) is 11.8 Å². The van der Waals surface area contributed by atoms with Crippen LogP contribution in [0.4, 0.5) is 10.1 Å². The molecule has 0 aliphatic heterocycles. The molecular weight excluding hydrogens is 621 g/mol. The van der Waals surface area contributed by atoms with Gasteiger partial charge < -0.3 is 10.2 Å². The maximum atomic E-state index is 14.2. The average Bonchev–Trinajstić information content (AvgIpc) is 2.99. The number of benzene rings is 4. The number of para-hydroxylation sites is 1. The summed E-state index contributed by atoms with van der Waals surface area (Å²) in [5.41, 5.74) is 1.87. The minimum atomic E-state index is -4.28. The van der Waals surface area contributed by atoms with Gasteiger partial charge in [0, 0.05) is 24.0 Å². The van der Waals surface area contributed by atoms with Gasteiger partial charge >= 0.3 is 0 Å². The summed E-state index contributed by atoms with van der Waals surface area (Å²) in [7, 11) is -4.28. The zero-order chi connectivity index (χ0) is 30.1. The van der Waals surface area contributed by atoms with Crippen LogP contribution in [0.2, 0.25) is 0 Å². The van der Waals surface area contributed by atoms with Crippen LogP contribution >= 0.6 is 15.9 Å². The van der Waals surface area contributed by atoms with Crippen molar-refractivity contribution in [3.05, 3.63) is 131 Å². The molecule has 0 fully saturated rings. The highest BCUT2D eigenvalue weighted by Gasteiger charge is 2.34. The molecule has 42 heavy (non-hydrogen) atoms. The predicted molar refractivity (Wildman–Crippen MR) is 165 cm³/mol. The lowest BCUT2D eigenvalue weighted by atomic mass is 10.0. The van der Waals surface area contributed by atoms with Gasteiger partial charge in [-0.3, -0.25) is 13.9 Å². The Kier molecular flexibility index (Phi) is 10.5. The molecule has 0 aliphatic rings. The molecule has 4 rings (SSSR count). The Hall–Kier alpha value is -4.02. The van der Waals surface area contributed by atoms with Gasteiger partial charge in [0.15, 0.2) is 0 Å². The maximum Gasteiger partial charge on any atom is 0.264 e. The molecule has 0 saturated carbocycles. The maximum absolute atomic E-state index is 14.2. The Morgan fingerprint density at radius 3 is 2.02 bits per heavy atom. The van der Waals surface area contributed by atoms with Crippen molar-refractivity contribution in [1.82, 2.24) is 10.2 Å². The fourth-order valence-corrected chi connectivity index (χ4v) is 6.17. The van der Waals surface area contributed by atoms with Crippen molar-refractivity contribution in [2.45, 2.75) is 30.8 Å². The molecule has 0 bridgehead atoms. The van der Waals surface area contributed by atoms with E-state index >= 15 is 0 Å². The molecule has 0 aromatic heterocycles. The van der Waals surface area contributed by atoms with E-state index in [1.165, 1.54) is 4.90 Å². The smallest absolute Gasteiger partial charge is 0.264 e. The summed E-state index contributed by atoms with van der Waals surface area (Å²) >= 11 is 3.42. The first-order valence-corrected chi connectivity index (χ1v) is 15.6. The number of nitrogens with one attached hydrogen (secondary N) is 1. The molecule has 0 radical (unpaired) electrons. The molecule has 10 heteroatoms. The Morgan fingerprint density at radius 1 is 0.833 bits per heavy atom. The zero-order valence-corrected chi connectivity index (χ0v) is 25.4. The van der Waals surface area contributed by atoms with Crippen LogP contribution < -0.4 is 9.62 Å². The third kappa shape index (κ3) is 7.83. The molecule has 2 amide bonds. The number of rotatable bonds is 12. The monoisotopic (exact) mass is 651 g/mol. The number of carbonyl (C=O) groups is 2. The molecule has 7 nitrogen and oxygen atoms in total. The summed E-state index contributed by atoms with van der Waals surface area (Å²) < 4.78 is 43.2. The highest BCUT2D eigenvalue weighted by Crippen LogP contribution is 2.25. The van der Waals surface area contributed by atoms with Crippen LogP contribution in [-0.2, 0) is 32.6 Å². The van der Waals surface area contributed by atoms with Crippen LogP contribution in [0.1, 0.15) is 18.1 Å². The van der Waals surface area contributed by atoms with E-state index in [0.29, 0.717) is 6.54 Å².